The molecule has 122 valence electrons. The number of nitro benzene ring substituents is 1. The molecule has 1 aromatic heterocycles. The maximum absolute atomic E-state index is 11.7. The fraction of sp³-hybridized carbons (Fsp3) is 0.267. The normalized spacial score (nSPS) is 11.7. The maximum Gasteiger partial charge on any atom is 0.287 e. The van der Waals surface area contributed by atoms with Gasteiger partial charge in [-0.1, -0.05) is 0 Å². The molecule has 0 aliphatic heterocycles. The third-order valence-corrected chi connectivity index (χ3v) is 2.95. The quantitative estimate of drug-likeness (QED) is 0.592. The number of furan rings is 1. The lowest BCUT2D eigenvalue weighted by atomic mass is 10.3. The molecule has 0 aliphatic carbocycles. The van der Waals surface area contributed by atoms with Crippen molar-refractivity contribution in [1.29, 1.82) is 0 Å². The Morgan fingerprint density at radius 3 is 2.61 bits per heavy atom. The highest BCUT2D eigenvalue weighted by Gasteiger charge is 2.13. The zero-order chi connectivity index (χ0) is 16.8. The van der Waals surface area contributed by atoms with Gasteiger partial charge in [-0.2, -0.15) is 0 Å². The smallest absolute Gasteiger partial charge is 0.287 e. The largest absolute Gasteiger partial charge is 0.491 e. The topological polar surface area (TPSA) is 115 Å². The summed E-state index contributed by atoms with van der Waals surface area (Å²) in [5.41, 5.74) is -0.0427. The maximum atomic E-state index is 11.7. The molecule has 0 aliphatic rings. The van der Waals surface area contributed by atoms with Gasteiger partial charge >= 0.3 is 0 Å². The van der Waals surface area contributed by atoms with Gasteiger partial charge in [0.25, 0.3) is 11.6 Å². The lowest BCUT2D eigenvalue weighted by Crippen LogP contribution is -2.35. The number of non-ortho nitro benzene ring substituents is 1. The molecule has 0 saturated heterocycles. The first-order valence-electron chi connectivity index (χ1n) is 6.85. The number of carbonyl (C=O) groups is 1. The molecule has 1 heterocycles. The minimum absolute atomic E-state index is 0.00837. The van der Waals surface area contributed by atoms with Crippen molar-refractivity contribution in [2.75, 3.05) is 13.2 Å². The van der Waals surface area contributed by atoms with Crippen molar-refractivity contribution in [3.8, 4) is 5.75 Å². The van der Waals surface area contributed by atoms with Crippen LogP contribution in [0.15, 0.2) is 40.8 Å². The number of benzene rings is 1. The van der Waals surface area contributed by atoms with Gasteiger partial charge in [0.2, 0.25) is 0 Å². The number of aliphatic hydroxyl groups is 1. The summed E-state index contributed by atoms with van der Waals surface area (Å²) in [5.74, 6) is 0.762. The average molecular weight is 320 g/mol. The molecule has 8 heteroatoms. The van der Waals surface area contributed by atoms with E-state index in [1.54, 1.807) is 19.1 Å². The minimum Gasteiger partial charge on any atom is -0.491 e. The number of hydrogen-bond acceptors (Lipinski definition) is 6. The zero-order valence-electron chi connectivity index (χ0n) is 12.4. The molecule has 1 atom stereocenters. The Hall–Kier alpha value is -2.87. The van der Waals surface area contributed by atoms with Crippen LogP contribution in [-0.2, 0) is 0 Å². The number of aliphatic hydroxyl groups excluding tert-OH is 1. The van der Waals surface area contributed by atoms with Gasteiger partial charge < -0.3 is 19.6 Å². The van der Waals surface area contributed by atoms with Crippen molar-refractivity contribution in [3.05, 3.63) is 58.0 Å². The Balaban J connectivity index is 1.75. The number of aryl methyl sites for hydroxylation is 1. The van der Waals surface area contributed by atoms with Crippen LogP contribution in [0.3, 0.4) is 0 Å². The van der Waals surface area contributed by atoms with Crippen LogP contribution < -0.4 is 10.1 Å². The second kappa shape index (κ2) is 7.41. The number of amides is 1. The number of hydrogen-bond donors (Lipinski definition) is 2. The van der Waals surface area contributed by atoms with E-state index in [-0.39, 0.29) is 24.6 Å². The Morgan fingerprint density at radius 1 is 1.35 bits per heavy atom. The van der Waals surface area contributed by atoms with E-state index in [2.05, 4.69) is 5.32 Å². The highest BCUT2D eigenvalue weighted by molar-refractivity contribution is 5.91. The van der Waals surface area contributed by atoms with Crippen LogP contribution in [0.1, 0.15) is 16.3 Å². The number of rotatable bonds is 7. The predicted molar refractivity (Wildman–Crippen MR) is 80.4 cm³/mol. The summed E-state index contributed by atoms with van der Waals surface area (Å²) in [7, 11) is 0. The van der Waals surface area contributed by atoms with Gasteiger partial charge in [-0.05, 0) is 31.2 Å². The van der Waals surface area contributed by atoms with Crippen molar-refractivity contribution in [3.63, 3.8) is 0 Å². The predicted octanol–water partition coefficient (Wildman–Crippen LogP) is 1.67. The standard InChI is InChI=1S/C15H16N2O6/c1-10-2-7-14(23-10)15(19)16-8-12(18)9-22-13-5-3-11(4-6-13)17(20)21/h2-7,12,18H,8-9H2,1H3,(H,16,19)/t12-/m1/s1. The number of nitrogens with zero attached hydrogens (tertiary/aromatic N) is 1. The highest BCUT2D eigenvalue weighted by Crippen LogP contribution is 2.17. The number of carbonyl (C=O) groups excluding carboxylic acids is 1. The van der Waals surface area contributed by atoms with Crippen LogP contribution >= 0.6 is 0 Å². The van der Waals surface area contributed by atoms with Crippen LogP contribution in [0.5, 0.6) is 5.75 Å². The Labute approximate surface area is 131 Å². The number of nitro groups is 1. The summed E-state index contributed by atoms with van der Waals surface area (Å²) >= 11 is 0. The van der Waals surface area contributed by atoms with Crippen LogP contribution in [0, 0.1) is 17.0 Å². The van der Waals surface area contributed by atoms with Gasteiger partial charge in [-0.3, -0.25) is 14.9 Å². The molecular weight excluding hydrogens is 304 g/mol. The first-order chi connectivity index (χ1) is 11.0. The van der Waals surface area contributed by atoms with Gasteiger partial charge in [-0.25, -0.2) is 0 Å². The van der Waals surface area contributed by atoms with Crippen LogP contribution in [0.25, 0.3) is 0 Å². The third kappa shape index (κ3) is 4.82. The van der Waals surface area contributed by atoms with E-state index in [9.17, 15) is 20.0 Å². The molecule has 1 aromatic carbocycles. The molecule has 0 unspecified atom stereocenters. The van der Waals surface area contributed by atoms with E-state index in [0.717, 1.165) is 0 Å². The van der Waals surface area contributed by atoms with Crippen molar-refractivity contribution in [2.24, 2.45) is 0 Å². The molecule has 0 saturated carbocycles. The summed E-state index contributed by atoms with van der Waals surface area (Å²) in [6, 6.07) is 8.71. The summed E-state index contributed by atoms with van der Waals surface area (Å²) in [4.78, 5) is 21.7. The van der Waals surface area contributed by atoms with E-state index >= 15 is 0 Å². The van der Waals surface area contributed by atoms with E-state index in [1.807, 2.05) is 0 Å². The first kappa shape index (κ1) is 16.5. The molecule has 0 spiro atoms. The van der Waals surface area contributed by atoms with E-state index < -0.39 is 16.9 Å². The Kier molecular flexibility index (Phi) is 5.32. The summed E-state index contributed by atoms with van der Waals surface area (Å²) in [5, 5.41) is 22.8. The molecule has 23 heavy (non-hydrogen) atoms. The SMILES string of the molecule is Cc1ccc(C(=O)NC[C@@H](O)COc2ccc([N+](=O)[O-])cc2)o1. The van der Waals surface area contributed by atoms with Crippen molar-refractivity contribution in [2.45, 2.75) is 13.0 Å². The van der Waals surface area contributed by atoms with Gasteiger partial charge in [0, 0.05) is 18.7 Å². The fourth-order valence-corrected chi connectivity index (χ4v) is 1.77. The molecule has 2 aromatic rings. The molecule has 0 bridgehead atoms. The highest BCUT2D eigenvalue weighted by atomic mass is 16.6. The summed E-state index contributed by atoms with van der Waals surface area (Å²) in [6.07, 6.45) is -0.926. The first-order valence-corrected chi connectivity index (χ1v) is 6.85. The molecule has 2 N–H and O–H groups in total. The minimum atomic E-state index is -0.926. The van der Waals surface area contributed by atoms with Gasteiger partial charge in [0.1, 0.15) is 24.2 Å². The summed E-state index contributed by atoms with van der Waals surface area (Å²) in [6.45, 7) is 1.66. The molecular formula is C15H16N2O6. The molecule has 1 amide bonds. The molecule has 0 fully saturated rings. The molecule has 8 nitrogen and oxygen atoms in total. The zero-order valence-corrected chi connectivity index (χ0v) is 12.4. The van der Waals surface area contributed by atoms with E-state index in [4.69, 9.17) is 9.15 Å². The lowest BCUT2D eigenvalue weighted by molar-refractivity contribution is -0.384. The second-order valence-corrected chi connectivity index (χ2v) is 4.84. The van der Waals surface area contributed by atoms with Gasteiger partial charge in [-0.15, -0.1) is 0 Å². The lowest BCUT2D eigenvalue weighted by Gasteiger charge is -2.12. The van der Waals surface area contributed by atoms with Crippen LogP contribution in [-0.4, -0.2) is 35.2 Å². The summed E-state index contributed by atoms with van der Waals surface area (Å²) < 4.78 is 10.5. The number of ether oxygens (including phenoxy) is 1. The average Bonchev–Trinajstić information content (AvgIpc) is 2.97. The van der Waals surface area contributed by atoms with Gasteiger partial charge in [0.05, 0.1) is 4.92 Å². The van der Waals surface area contributed by atoms with E-state index in [1.165, 1.54) is 24.3 Å². The number of nitrogens with one attached hydrogen (secondary N) is 1. The van der Waals surface area contributed by atoms with Crippen molar-refractivity contribution < 1.29 is 24.0 Å². The molecule has 2 rings (SSSR count). The third-order valence-electron chi connectivity index (χ3n) is 2.95. The second-order valence-electron chi connectivity index (χ2n) is 4.84. The molecule has 0 radical (unpaired) electrons. The van der Waals surface area contributed by atoms with Gasteiger partial charge in [0.15, 0.2) is 5.76 Å². The Bertz CT molecular complexity index is 680. The van der Waals surface area contributed by atoms with Crippen LogP contribution in [0.2, 0.25) is 0 Å². The fourth-order valence-electron chi connectivity index (χ4n) is 1.77. The van der Waals surface area contributed by atoms with Crippen molar-refractivity contribution in [1.82, 2.24) is 5.32 Å². The van der Waals surface area contributed by atoms with Crippen molar-refractivity contribution >= 4 is 11.6 Å². The Morgan fingerprint density at radius 2 is 2.04 bits per heavy atom. The van der Waals surface area contributed by atoms with Crippen LogP contribution in [0.4, 0.5) is 5.69 Å². The monoisotopic (exact) mass is 320 g/mol. The van der Waals surface area contributed by atoms with E-state index in [0.29, 0.717) is 11.5 Å².